The fourth-order valence-electron chi connectivity index (χ4n) is 5.24. The van der Waals surface area contributed by atoms with Crippen molar-refractivity contribution in [2.45, 2.75) is 50.7 Å². The van der Waals surface area contributed by atoms with E-state index in [2.05, 4.69) is 5.32 Å². The number of rotatable bonds is 13. The van der Waals surface area contributed by atoms with Crippen molar-refractivity contribution in [3.05, 3.63) is 95.8 Å². The molecule has 2 amide bonds. The van der Waals surface area contributed by atoms with Crippen LogP contribution in [-0.4, -0.2) is 69.3 Å². The normalized spacial score (nSPS) is 14.3. The number of anilines is 1. The van der Waals surface area contributed by atoms with Crippen molar-refractivity contribution in [3.63, 3.8) is 0 Å². The lowest BCUT2D eigenvalue weighted by atomic mass is 10.0. The Morgan fingerprint density at radius 3 is 2.26 bits per heavy atom. The van der Waals surface area contributed by atoms with E-state index in [9.17, 15) is 22.4 Å². The minimum Gasteiger partial charge on any atom is -0.497 e. The number of carbonyl (C=O) groups excluding carboxylic acids is 2. The molecule has 0 spiro atoms. The predicted octanol–water partition coefficient (Wildman–Crippen LogP) is 4.15. The van der Waals surface area contributed by atoms with Gasteiger partial charge in [0.2, 0.25) is 11.8 Å². The molecule has 0 aliphatic heterocycles. The van der Waals surface area contributed by atoms with E-state index in [0.717, 1.165) is 45.9 Å². The second kappa shape index (κ2) is 14.5. The van der Waals surface area contributed by atoms with E-state index >= 15 is 0 Å². The summed E-state index contributed by atoms with van der Waals surface area (Å²) in [6.07, 6.45) is 3.95. The number of hydrogen-bond donors (Lipinski definition) is 1. The van der Waals surface area contributed by atoms with Gasteiger partial charge in [-0.2, -0.15) is 12.7 Å². The summed E-state index contributed by atoms with van der Waals surface area (Å²) in [4.78, 5) is 29.6. The summed E-state index contributed by atoms with van der Waals surface area (Å²) in [6, 6.07) is 20.9. The highest BCUT2D eigenvalue weighted by Gasteiger charge is 2.36. The summed E-state index contributed by atoms with van der Waals surface area (Å²) in [5.74, 6) is -1.19. The van der Waals surface area contributed by atoms with Crippen molar-refractivity contribution >= 4 is 27.7 Å². The number of amides is 2. The number of ether oxygens (including phenoxy) is 1. The largest absolute Gasteiger partial charge is 0.497 e. The first-order chi connectivity index (χ1) is 20.6. The van der Waals surface area contributed by atoms with Crippen LogP contribution >= 0.6 is 0 Å². The van der Waals surface area contributed by atoms with Crippen molar-refractivity contribution in [1.82, 2.24) is 14.5 Å². The summed E-state index contributed by atoms with van der Waals surface area (Å²) < 4.78 is 48.9. The first kappa shape index (κ1) is 32.0. The van der Waals surface area contributed by atoms with Crippen LogP contribution in [0.15, 0.2) is 78.9 Å². The van der Waals surface area contributed by atoms with Crippen molar-refractivity contribution in [2.75, 3.05) is 32.1 Å². The topological polar surface area (TPSA) is 99.3 Å². The number of para-hydroxylation sites is 1. The molecule has 43 heavy (non-hydrogen) atoms. The molecule has 1 fully saturated rings. The number of halogens is 1. The average Bonchev–Trinajstić information content (AvgIpc) is 3.51. The Morgan fingerprint density at radius 1 is 0.953 bits per heavy atom. The lowest BCUT2D eigenvalue weighted by Gasteiger charge is -2.35. The van der Waals surface area contributed by atoms with E-state index < -0.39 is 34.5 Å². The molecule has 1 atom stereocenters. The van der Waals surface area contributed by atoms with E-state index in [0.29, 0.717) is 11.3 Å². The molecule has 3 aromatic rings. The minimum atomic E-state index is -4.29. The number of benzene rings is 3. The van der Waals surface area contributed by atoms with Gasteiger partial charge < -0.3 is 15.0 Å². The lowest BCUT2D eigenvalue weighted by molar-refractivity contribution is -0.140. The van der Waals surface area contributed by atoms with Gasteiger partial charge in [0.05, 0.1) is 12.8 Å². The summed E-state index contributed by atoms with van der Waals surface area (Å²) in [6.45, 7) is -0.716. The molecule has 0 heterocycles. The molecule has 1 aliphatic rings. The van der Waals surface area contributed by atoms with Crippen LogP contribution in [0.3, 0.4) is 0 Å². The van der Waals surface area contributed by atoms with E-state index in [1.165, 1.54) is 44.3 Å². The quantitative estimate of drug-likeness (QED) is 0.314. The molecule has 1 saturated carbocycles. The molecular weight excluding hydrogens is 571 g/mol. The van der Waals surface area contributed by atoms with Gasteiger partial charge in [-0.25, -0.2) is 8.70 Å². The van der Waals surface area contributed by atoms with Crippen LogP contribution in [0.4, 0.5) is 10.1 Å². The average molecular weight is 611 g/mol. The van der Waals surface area contributed by atoms with Gasteiger partial charge in [0.25, 0.3) is 0 Å². The zero-order chi connectivity index (χ0) is 31.0. The van der Waals surface area contributed by atoms with Crippen LogP contribution in [0, 0.1) is 5.82 Å². The Hall–Kier alpha value is -3.96. The Kier molecular flexibility index (Phi) is 10.8. The van der Waals surface area contributed by atoms with Crippen LogP contribution in [0.1, 0.15) is 36.8 Å². The van der Waals surface area contributed by atoms with Crippen molar-refractivity contribution in [1.29, 1.82) is 0 Å². The Balaban J connectivity index is 1.77. The molecule has 11 heteroatoms. The van der Waals surface area contributed by atoms with Gasteiger partial charge >= 0.3 is 10.2 Å². The van der Waals surface area contributed by atoms with Crippen LogP contribution in [0.5, 0.6) is 5.75 Å². The van der Waals surface area contributed by atoms with E-state index in [4.69, 9.17) is 4.74 Å². The molecule has 3 aromatic carbocycles. The molecule has 0 unspecified atom stereocenters. The third kappa shape index (κ3) is 8.11. The second-order valence-electron chi connectivity index (χ2n) is 10.8. The van der Waals surface area contributed by atoms with Crippen LogP contribution < -0.4 is 14.4 Å². The molecule has 9 nitrogen and oxygen atoms in total. The van der Waals surface area contributed by atoms with Crippen LogP contribution in [-0.2, 0) is 32.8 Å². The SMILES string of the molecule is COc1cccc(CN(C(=O)CN(c2ccccc2F)S(=O)(=O)N(C)C)[C@@H](Cc2ccccc2)C(=O)NC2CCCC2)c1. The Labute approximate surface area is 253 Å². The highest BCUT2D eigenvalue weighted by atomic mass is 32.2. The van der Waals surface area contributed by atoms with Gasteiger partial charge in [-0.1, -0.05) is 67.4 Å². The van der Waals surface area contributed by atoms with Crippen molar-refractivity contribution in [2.24, 2.45) is 0 Å². The third-order valence-electron chi connectivity index (χ3n) is 7.60. The van der Waals surface area contributed by atoms with Gasteiger partial charge in [-0.3, -0.25) is 9.59 Å². The first-order valence-corrected chi connectivity index (χ1v) is 15.7. The zero-order valence-electron chi connectivity index (χ0n) is 24.8. The molecule has 4 rings (SSSR count). The van der Waals surface area contributed by atoms with E-state index in [-0.39, 0.29) is 30.6 Å². The fourth-order valence-corrected chi connectivity index (χ4v) is 6.31. The lowest BCUT2D eigenvalue weighted by Crippen LogP contribution is -2.55. The molecular formula is C32H39FN4O5S. The van der Waals surface area contributed by atoms with Crippen LogP contribution in [0.25, 0.3) is 0 Å². The third-order valence-corrected chi connectivity index (χ3v) is 9.41. The summed E-state index contributed by atoms with van der Waals surface area (Å²) >= 11 is 0. The molecule has 0 bridgehead atoms. The maximum absolute atomic E-state index is 15.0. The van der Waals surface area contributed by atoms with Gasteiger partial charge in [0.15, 0.2) is 0 Å². The standard InChI is InChI=1S/C32H39FN4O5S/c1-35(2)43(40,41)37(29-19-10-9-18-28(29)33)23-31(38)36(22-25-14-11-17-27(20-25)42-3)30(21-24-12-5-4-6-13-24)32(39)34-26-15-7-8-16-26/h4-6,9-14,17-20,26,30H,7-8,15-16,21-23H2,1-3H3,(H,34,39)/t30-/m0/s1. The number of carbonyl (C=O) groups is 2. The fraction of sp³-hybridized carbons (Fsp3) is 0.375. The van der Waals surface area contributed by atoms with Crippen LogP contribution in [0.2, 0.25) is 0 Å². The van der Waals surface area contributed by atoms with Gasteiger partial charge in [-0.15, -0.1) is 0 Å². The summed E-state index contributed by atoms with van der Waals surface area (Å²) in [5.41, 5.74) is 1.26. The maximum Gasteiger partial charge on any atom is 0.304 e. The molecule has 0 aromatic heterocycles. The number of hydrogen-bond acceptors (Lipinski definition) is 5. The molecule has 0 radical (unpaired) electrons. The predicted molar refractivity (Wildman–Crippen MR) is 164 cm³/mol. The molecule has 1 N–H and O–H groups in total. The zero-order valence-corrected chi connectivity index (χ0v) is 25.6. The van der Waals surface area contributed by atoms with E-state index in [1.807, 2.05) is 36.4 Å². The van der Waals surface area contributed by atoms with Crippen molar-refractivity contribution in [3.8, 4) is 5.75 Å². The molecule has 1 aliphatic carbocycles. The smallest absolute Gasteiger partial charge is 0.304 e. The van der Waals surface area contributed by atoms with Gasteiger partial charge in [-0.05, 0) is 48.2 Å². The van der Waals surface area contributed by atoms with Gasteiger partial charge in [0.1, 0.15) is 24.2 Å². The first-order valence-electron chi connectivity index (χ1n) is 14.3. The Morgan fingerprint density at radius 2 is 1.60 bits per heavy atom. The van der Waals surface area contributed by atoms with Gasteiger partial charge in [0, 0.05) is 33.1 Å². The van der Waals surface area contributed by atoms with Crippen molar-refractivity contribution < 1.29 is 27.1 Å². The highest BCUT2D eigenvalue weighted by molar-refractivity contribution is 7.90. The summed E-state index contributed by atoms with van der Waals surface area (Å²) in [5, 5.41) is 3.13. The molecule has 230 valence electrons. The maximum atomic E-state index is 15.0. The minimum absolute atomic E-state index is 0.00125. The van der Waals surface area contributed by atoms with E-state index in [1.54, 1.807) is 18.2 Å². The monoisotopic (exact) mass is 610 g/mol. The highest BCUT2D eigenvalue weighted by Crippen LogP contribution is 2.25. The number of nitrogens with zero attached hydrogens (tertiary/aromatic N) is 3. The Bertz CT molecular complexity index is 1500. The number of nitrogens with one attached hydrogen (secondary N) is 1. The second-order valence-corrected chi connectivity index (χ2v) is 12.9. The number of methoxy groups -OCH3 is 1. The summed E-state index contributed by atoms with van der Waals surface area (Å²) in [7, 11) is -0.127. The molecule has 0 saturated heterocycles.